The Morgan fingerprint density at radius 3 is 2.17 bits per heavy atom. The summed E-state index contributed by atoms with van der Waals surface area (Å²) in [5.74, 6) is -2.30. The number of carbonyl (C=O) groups is 1. The number of benzene rings is 3. The molecule has 1 aliphatic heterocycles. The van der Waals surface area contributed by atoms with E-state index in [1.807, 2.05) is 0 Å². The number of aliphatic hydroxyl groups is 3. The van der Waals surface area contributed by atoms with E-state index in [9.17, 15) is 45.3 Å². The zero-order chi connectivity index (χ0) is 30.1. The van der Waals surface area contributed by atoms with Crippen LogP contribution in [0.2, 0.25) is 0 Å². The van der Waals surface area contributed by atoms with Crippen molar-refractivity contribution in [1.82, 2.24) is 0 Å². The molecule has 218 valence electrons. The summed E-state index contributed by atoms with van der Waals surface area (Å²) in [5.41, 5.74) is -0.484. The Morgan fingerprint density at radius 2 is 1.52 bits per heavy atom. The topological polar surface area (TPSA) is 207 Å². The van der Waals surface area contributed by atoms with Crippen molar-refractivity contribution >= 4 is 23.0 Å². The number of phenols is 4. The second-order valence-electron chi connectivity index (χ2n) is 9.64. The van der Waals surface area contributed by atoms with E-state index < -0.39 is 60.0 Å². The van der Waals surface area contributed by atoms with Crippen LogP contribution in [0.1, 0.15) is 17.2 Å². The maximum atomic E-state index is 13.1. The Labute approximate surface area is 237 Å². The molecule has 1 aromatic heterocycles. The van der Waals surface area contributed by atoms with E-state index in [-0.39, 0.29) is 33.8 Å². The maximum Gasteiger partial charge on any atom is 0.331 e. The fourth-order valence-electron chi connectivity index (χ4n) is 4.74. The first-order valence-corrected chi connectivity index (χ1v) is 12.7. The Bertz CT molecular complexity index is 1690. The lowest BCUT2D eigenvalue weighted by Crippen LogP contribution is -2.56. The zero-order valence-electron chi connectivity index (χ0n) is 21.7. The molecule has 0 aliphatic carbocycles. The van der Waals surface area contributed by atoms with Crippen LogP contribution in [0.25, 0.3) is 28.4 Å². The van der Waals surface area contributed by atoms with Gasteiger partial charge in [-0.2, -0.15) is 0 Å². The highest BCUT2D eigenvalue weighted by molar-refractivity contribution is 5.90. The van der Waals surface area contributed by atoms with Gasteiger partial charge in [0.15, 0.2) is 17.1 Å². The SMILES string of the molecule is O=C(C=Cc1ccc(O)cc1)O[C@H]1[C@@H](O)[C@H](O)[C@@H](CO)O[C@H]1c1c(O)cc(O)c2c(=O)cc(-c3ccc(O)cc3)oc12. The monoisotopic (exact) mass is 578 g/mol. The molecule has 3 aromatic carbocycles. The van der Waals surface area contributed by atoms with Gasteiger partial charge in [-0.1, -0.05) is 12.1 Å². The van der Waals surface area contributed by atoms with Gasteiger partial charge in [0.25, 0.3) is 0 Å². The number of ether oxygens (including phenoxy) is 2. The Kier molecular flexibility index (Phi) is 7.87. The van der Waals surface area contributed by atoms with Gasteiger partial charge in [0.05, 0.1) is 12.2 Å². The van der Waals surface area contributed by atoms with E-state index in [0.29, 0.717) is 11.1 Å². The highest BCUT2D eigenvalue weighted by atomic mass is 16.6. The minimum Gasteiger partial charge on any atom is -0.508 e. The molecular formula is C30H26O12. The first-order chi connectivity index (χ1) is 20.1. The van der Waals surface area contributed by atoms with Gasteiger partial charge in [-0.3, -0.25) is 4.79 Å². The van der Waals surface area contributed by atoms with Gasteiger partial charge in [-0.05, 0) is 48.0 Å². The van der Waals surface area contributed by atoms with Crippen LogP contribution in [0.5, 0.6) is 23.0 Å². The molecule has 12 heteroatoms. The molecule has 12 nitrogen and oxygen atoms in total. The molecule has 5 rings (SSSR count). The van der Waals surface area contributed by atoms with Gasteiger partial charge in [0, 0.05) is 23.8 Å². The summed E-state index contributed by atoms with van der Waals surface area (Å²) in [6.45, 7) is -0.768. The molecule has 4 aromatic rings. The molecular weight excluding hydrogens is 552 g/mol. The molecule has 5 atom stereocenters. The number of rotatable bonds is 6. The number of esters is 1. The van der Waals surface area contributed by atoms with Crippen molar-refractivity contribution < 1.29 is 54.4 Å². The van der Waals surface area contributed by atoms with Crippen molar-refractivity contribution in [2.75, 3.05) is 6.61 Å². The summed E-state index contributed by atoms with van der Waals surface area (Å²) < 4.78 is 17.2. The summed E-state index contributed by atoms with van der Waals surface area (Å²) in [5, 5.41) is 71.5. The quantitative estimate of drug-likeness (QED) is 0.130. The number of hydrogen-bond acceptors (Lipinski definition) is 12. The average molecular weight is 579 g/mol. The lowest BCUT2D eigenvalue weighted by atomic mass is 9.89. The largest absolute Gasteiger partial charge is 0.508 e. The van der Waals surface area contributed by atoms with Crippen molar-refractivity contribution in [3.63, 3.8) is 0 Å². The predicted molar refractivity (Wildman–Crippen MR) is 147 cm³/mol. The molecule has 0 spiro atoms. The Morgan fingerprint density at radius 1 is 0.881 bits per heavy atom. The van der Waals surface area contributed by atoms with Gasteiger partial charge < -0.3 is 49.6 Å². The van der Waals surface area contributed by atoms with Gasteiger partial charge >= 0.3 is 5.97 Å². The van der Waals surface area contributed by atoms with Crippen molar-refractivity contribution in [1.29, 1.82) is 0 Å². The third-order valence-electron chi connectivity index (χ3n) is 6.86. The van der Waals surface area contributed by atoms with E-state index in [2.05, 4.69) is 0 Å². The standard InChI is InChI=1S/C30H26O12/c31-13-22-26(38)27(39)30(42-23(37)10-3-14-1-6-16(32)7-2-14)29(41-22)25-19(35)11-18(34)24-20(36)12-21(40-28(24)25)15-4-8-17(33)9-5-15/h1-12,22,26-27,29-35,38-39H,13H2/t22-,26-,27+,29+,30+/m1/s1. The molecule has 1 saturated heterocycles. The highest BCUT2D eigenvalue weighted by Crippen LogP contribution is 2.44. The second kappa shape index (κ2) is 11.5. The molecule has 1 fully saturated rings. The lowest BCUT2D eigenvalue weighted by Gasteiger charge is -2.41. The van der Waals surface area contributed by atoms with Crippen LogP contribution in [0.15, 0.2) is 76.0 Å². The summed E-state index contributed by atoms with van der Waals surface area (Å²) in [4.78, 5) is 25.9. The van der Waals surface area contributed by atoms with Gasteiger partial charge in [-0.15, -0.1) is 0 Å². The minimum atomic E-state index is -1.83. The van der Waals surface area contributed by atoms with Crippen LogP contribution in [-0.4, -0.2) is 72.7 Å². The van der Waals surface area contributed by atoms with E-state index in [1.54, 1.807) is 0 Å². The predicted octanol–water partition coefficient (Wildman–Crippen LogP) is 2.06. The molecule has 0 amide bonds. The van der Waals surface area contributed by atoms with Gasteiger partial charge in [0.2, 0.25) is 0 Å². The fraction of sp³-hybridized carbons (Fsp3) is 0.200. The van der Waals surface area contributed by atoms with Crippen LogP contribution in [0.3, 0.4) is 0 Å². The van der Waals surface area contributed by atoms with Gasteiger partial charge in [-0.25, -0.2) is 4.79 Å². The molecule has 42 heavy (non-hydrogen) atoms. The van der Waals surface area contributed by atoms with Crippen LogP contribution in [-0.2, 0) is 14.3 Å². The summed E-state index contributed by atoms with van der Waals surface area (Å²) in [7, 11) is 0. The Balaban J connectivity index is 1.61. The number of hydrogen-bond donors (Lipinski definition) is 7. The van der Waals surface area contributed by atoms with Crippen LogP contribution < -0.4 is 5.43 Å². The van der Waals surface area contributed by atoms with Gasteiger partial charge in [0.1, 0.15) is 58.6 Å². The third kappa shape index (κ3) is 5.51. The van der Waals surface area contributed by atoms with E-state index >= 15 is 0 Å². The second-order valence-corrected chi connectivity index (χ2v) is 9.64. The van der Waals surface area contributed by atoms with Crippen LogP contribution in [0.4, 0.5) is 0 Å². The first kappa shape index (κ1) is 28.6. The Hall–Kier alpha value is -4.88. The van der Waals surface area contributed by atoms with Crippen molar-refractivity contribution in [3.05, 3.63) is 88.1 Å². The van der Waals surface area contributed by atoms with E-state index in [0.717, 1.165) is 18.2 Å². The smallest absolute Gasteiger partial charge is 0.331 e. The number of phenolic OH excluding ortho intramolecular Hbond substituents is 4. The number of fused-ring (bicyclic) bond motifs is 1. The molecule has 2 heterocycles. The number of carbonyl (C=O) groups excluding carboxylic acids is 1. The maximum absolute atomic E-state index is 13.1. The lowest BCUT2D eigenvalue weighted by molar-refractivity contribution is -0.239. The summed E-state index contributed by atoms with van der Waals surface area (Å²) in [6, 6.07) is 13.5. The number of aromatic hydroxyl groups is 4. The van der Waals surface area contributed by atoms with Crippen molar-refractivity contribution in [3.8, 4) is 34.3 Å². The summed E-state index contributed by atoms with van der Waals surface area (Å²) >= 11 is 0. The fourth-order valence-corrected chi connectivity index (χ4v) is 4.74. The zero-order valence-corrected chi connectivity index (χ0v) is 21.7. The molecule has 1 aliphatic rings. The van der Waals surface area contributed by atoms with E-state index in [1.165, 1.54) is 54.6 Å². The first-order valence-electron chi connectivity index (χ1n) is 12.7. The highest BCUT2D eigenvalue weighted by Gasteiger charge is 2.48. The van der Waals surface area contributed by atoms with E-state index in [4.69, 9.17) is 13.9 Å². The van der Waals surface area contributed by atoms with Crippen molar-refractivity contribution in [2.24, 2.45) is 0 Å². The third-order valence-corrected chi connectivity index (χ3v) is 6.86. The molecule has 0 radical (unpaired) electrons. The molecule has 0 bridgehead atoms. The molecule has 0 saturated carbocycles. The van der Waals surface area contributed by atoms with Crippen LogP contribution >= 0.6 is 0 Å². The molecule has 0 unspecified atom stereocenters. The van der Waals surface area contributed by atoms with Crippen molar-refractivity contribution in [2.45, 2.75) is 30.5 Å². The minimum absolute atomic E-state index is 0.0146. The average Bonchev–Trinajstić information content (AvgIpc) is 2.96. The van der Waals surface area contributed by atoms with Crippen LogP contribution in [0, 0.1) is 0 Å². The summed E-state index contributed by atoms with van der Waals surface area (Å²) in [6.07, 6.45) is -5.84. The molecule has 7 N–H and O–H groups in total. The number of aliphatic hydroxyl groups excluding tert-OH is 3. The normalized spacial score (nSPS) is 22.4.